The fraction of sp³-hybridized carbons (Fsp3) is 0.125. The Hall–Kier alpha value is -3.02. The number of anilines is 1. The molecule has 1 amide bonds. The molecule has 0 unspecified atom stereocenters. The number of para-hydroxylation sites is 1. The normalized spacial score (nSPS) is 10.0. The third-order valence-electron chi connectivity index (χ3n) is 3.01. The summed E-state index contributed by atoms with van der Waals surface area (Å²) in [7, 11) is 0. The van der Waals surface area contributed by atoms with Crippen molar-refractivity contribution in [3.05, 3.63) is 54.1 Å². The Bertz CT molecular complexity index is 684. The molecule has 6 heteroatoms. The van der Waals surface area contributed by atoms with Crippen molar-refractivity contribution < 1.29 is 24.5 Å². The molecule has 0 radical (unpaired) electrons. The largest absolute Gasteiger partial charge is 0.507 e. The summed E-state index contributed by atoms with van der Waals surface area (Å²) < 4.78 is 5.21. The third-order valence-corrected chi connectivity index (χ3v) is 3.01. The quantitative estimate of drug-likeness (QED) is 0.906. The average molecular weight is 301 g/mol. The van der Waals surface area contributed by atoms with Gasteiger partial charge >= 0.3 is 12.1 Å². The van der Waals surface area contributed by atoms with E-state index in [9.17, 15) is 19.8 Å². The van der Waals surface area contributed by atoms with Gasteiger partial charge < -0.3 is 14.9 Å². The number of amides is 1. The maximum absolute atomic E-state index is 12.3. The number of carboxylic acids is 1. The first-order chi connectivity index (χ1) is 10.5. The molecule has 2 rings (SSSR count). The Labute approximate surface area is 127 Å². The van der Waals surface area contributed by atoms with E-state index >= 15 is 0 Å². The van der Waals surface area contributed by atoms with Gasteiger partial charge in [0.05, 0.1) is 5.69 Å². The number of hydrogen-bond donors (Lipinski definition) is 2. The van der Waals surface area contributed by atoms with Crippen molar-refractivity contribution in [2.24, 2.45) is 0 Å². The van der Waals surface area contributed by atoms with E-state index in [1.165, 1.54) is 18.2 Å². The number of nitrogens with zero attached hydrogens (tertiary/aromatic N) is 1. The van der Waals surface area contributed by atoms with Crippen molar-refractivity contribution in [3.8, 4) is 11.5 Å². The molecule has 0 saturated heterocycles. The molecule has 0 aliphatic carbocycles. The van der Waals surface area contributed by atoms with Gasteiger partial charge in [-0.3, -0.25) is 4.90 Å². The Morgan fingerprint density at radius 3 is 2.36 bits per heavy atom. The van der Waals surface area contributed by atoms with E-state index in [1.807, 2.05) is 0 Å². The predicted octanol–water partition coefficient (Wildman–Crippen LogP) is 3.12. The molecule has 0 aromatic heterocycles. The highest BCUT2D eigenvalue weighted by atomic mass is 16.6. The molecule has 0 heterocycles. The molecular formula is C16H15NO5. The van der Waals surface area contributed by atoms with Gasteiger partial charge in [-0.2, -0.15) is 0 Å². The molecule has 2 N–H and O–H groups in total. The summed E-state index contributed by atoms with van der Waals surface area (Å²) in [6.07, 6.45) is -0.721. The van der Waals surface area contributed by atoms with E-state index in [-0.39, 0.29) is 17.8 Å². The fourth-order valence-corrected chi connectivity index (χ4v) is 2.01. The average Bonchev–Trinajstić information content (AvgIpc) is 2.48. The maximum atomic E-state index is 12.3. The van der Waals surface area contributed by atoms with Gasteiger partial charge in [-0.1, -0.05) is 24.3 Å². The lowest BCUT2D eigenvalue weighted by atomic mass is 10.1. The standard InChI is InChI=1S/C16H15NO5/c1-2-17(16(21)22-11-7-4-3-5-8-11)12-9-6-10-13(18)14(12)15(19)20/h3-10,18H,2H2,1H3,(H,19,20). The summed E-state index contributed by atoms with van der Waals surface area (Å²) in [5.74, 6) is -1.38. The number of benzene rings is 2. The molecule has 0 fully saturated rings. The number of carboxylic acid groups (broad SMARTS) is 1. The Morgan fingerprint density at radius 1 is 1.09 bits per heavy atom. The van der Waals surface area contributed by atoms with E-state index in [0.29, 0.717) is 5.75 Å². The van der Waals surface area contributed by atoms with E-state index < -0.39 is 17.8 Å². The van der Waals surface area contributed by atoms with Gasteiger partial charge in [-0.05, 0) is 31.2 Å². The smallest absolute Gasteiger partial charge is 0.419 e. The second kappa shape index (κ2) is 6.62. The lowest BCUT2D eigenvalue weighted by Gasteiger charge is -2.22. The molecule has 0 spiro atoms. The molecule has 6 nitrogen and oxygen atoms in total. The van der Waals surface area contributed by atoms with Crippen molar-refractivity contribution in [2.75, 3.05) is 11.4 Å². The minimum Gasteiger partial charge on any atom is -0.507 e. The summed E-state index contributed by atoms with van der Waals surface area (Å²) in [4.78, 5) is 24.7. The van der Waals surface area contributed by atoms with Crippen LogP contribution in [0.4, 0.5) is 10.5 Å². The van der Waals surface area contributed by atoms with Gasteiger partial charge in [0.15, 0.2) is 0 Å². The van der Waals surface area contributed by atoms with Crippen molar-refractivity contribution in [2.45, 2.75) is 6.92 Å². The van der Waals surface area contributed by atoms with Gasteiger partial charge in [0.25, 0.3) is 0 Å². The molecule has 0 saturated carbocycles. The molecule has 2 aromatic carbocycles. The number of aromatic carboxylic acids is 1. The van der Waals surface area contributed by atoms with E-state index in [1.54, 1.807) is 37.3 Å². The number of hydrogen-bond acceptors (Lipinski definition) is 4. The highest BCUT2D eigenvalue weighted by Gasteiger charge is 2.24. The highest BCUT2D eigenvalue weighted by molar-refractivity contribution is 6.02. The van der Waals surface area contributed by atoms with Crippen LogP contribution >= 0.6 is 0 Å². The van der Waals surface area contributed by atoms with E-state index in [4.69, 9.17) is 4.74 Å². The van der Waals surface area contributed by atoms with Gasteiger partial charge in [-0.15, -0.1) is 0 Å². The molecule has 0 bridgehead atoms. The van der Waals surface area contributed by atoms with Crippen LogP contribution < -0.4 is 9.64 Å². The number of carbonyl (C=O) groups is 2. The minimum atomic E-state index is -1.32. The number of carbonyl (C=O) groups excluding carboxylic acids is 1. The fourth-order valence-electron chi connectivity index (χ4n) is 2.01. The second-order valence-corrected chi connectivity index (χ2v) is 4.40. The summed E-state index contributed by atoms with van der Waals surface area (Å²) in [6.45, 7) is 1.87. The van der Waals surface area contributed by atoms with Crippen molar-refractivity contribution in [1.82, 2.24) is 0 Å². The van der Waals surface area contributed by atoms with Crippen LogP contribution in [0.2, 0.25) is 0 Å². The number of aromatic hydroxyl groups is 1. The van der Waals surface area contributed by atoms with E-state index in [0.717, 1.165) is 4.90 Å². The summed E-state index contributed by atoms with van der Waals surface area (Å²) >= 11 is 0. The second-order valence-electron chi connectivity index (χ2n) is 4.40. The van der Waals surface area contributed by atoms with Crippen LogP contribution in [-0.2, 0) is 0 Å². The first kappa shape index (κ1) is 15.4. The van der Waals surface area contributed by atoms with Crippen LogP contribution in [0, 0.1) is 0 Å². The Balaban J connectivity index is 2.34. The summed E-state index contributed by atoms with van der Waals surface area (Å²) in [5.41, 5.74) is -0.259. The number of rotatable bonds is 4. The molecule has 0 aliphatic rings. The zero-order chi connectivity index (χ0) is 16.1. The van der Waals surface area contributed by atoms with Gasteiger partial charge in [-0.25, -0.2) is 9.59 Å². The molecule has 22 heavy (non-hydrogen) atoms. The topological polar surface area (TPSA) is 87.1 Å². The molecular weight excluding hydrogens is 286 g/mol. The minimum absolute atomic E-state index is 0.0796. The maximum Gasteiger partial charge on any atom is 0.419 e. The van der Waals surface area contributed by atoms with Gasteiger partial charge in [0.2, 0.25) is 0 Å². The monoisotopic (exact) mass is 301 g/mol. The zero-order valence-corrected chi connectivity index (χ0v) is 11.9. The van der Waals surface area contributed by atoms with Crippen LogP contribution in [0.3, 0.4) is 0 Å². The van der Waals surface area contributed by atoms with Crippen LogP contribution in [-0.4, -0.2) is 28.8 Å². The van der Waals surface area contributed by atoms with Crippen molar-refractivity contribution >= 4 is 17.7 Å². The SMILES string of the molecule is CCN(C(=O)Oc1ccccc1)c1cccc(O)c1C(=O)O. The van der Waals surface area contributed by atoms with Crippen molar-refractivity contribution in [1.29, 1.82) is 0 Å². The van der Waals surface area contributed by atoms with Crippen LogP contribution in [0.15, 0.2) is 48.5 Å². The lowest BCUT2D eigenvalue weighted by Crippen LogP contribution is -2.34. The first-order valence-electron chi connectivity index (χ1n) is 6.64. The number of ether oxygens (including phenoxy) is 1. The van der Waals surface area contributed by atoms with Crippen molar-refractivity contribution in [3.63, 3.8) is 0 Å². The first-order valence-corrected chi connectivity index (χ1v) is 6.64. The van der Waals surface area contributed by atoms with Crippen LogP contribution in [0.25, 0.3) is 0 Å². The molecule has 114 valence electrons. The molecule has 0 atom stereocenters. The zero-order valence-electron chi connectivity index (χ0n) is 11.9. The Morgan fingerprint density at radius 2 is 1.77 bits per heavy atom. The molecule has 0 aliphatic heterocycles. The lowest BCUT2D eigenvalue weighted by molar-refractivity contribution is 0.0694. The van der Waals surface area contributed by atoms with Crippen LogP contribution in [0.5, 0.6) is 11.5 Å². The number of phenols is 1. The van der Waals surface area contributed by atoms with Crippen LogP contribution in [0.1, 0.15) is 17.3 Å². The third kappa shape index (κ3) is 3.17. The van der Waals surface area contributed by atoms with Gasteiger partial charge in [0.1, 0.15) is 17.1 Å². The van der Waals surface area contributed by atoms with Gasteiger partial charge in [0, 0.05) is 6.54 Å². The summed E-state index contributed by atoms with van der Waals surface area (Å²) in [6, 6.07) is 12.6. The Kier molecular flexibility index (Phi) is 4.63. The molecule has 2 aromatic rings. The summed E-state index contributed by atoms with van der Waals surface area (Å²) in [5, 5.41) is 18.9. The highest BCUT2D eigenvalue weighted by Crippen LogP contribution is 2.29. The van der Waals surface area contributed by atoms with E-state index in [2.05, 4.69) is 0 Å². The predicted molar refractivity (Wildman–Crippen MR) is 80.6 cm³/mol.